The Balaban J connectivity index is 2.24. The predicted octanol–water partition coefficient (Wildman–Crippen LogP) is 3.13. The van der Waals surface area contributed by atoms with Gasteiger partial charge >= 0.3 is 5.97 Å². The molecule has 0 aliphatic rings. The summed E-state index contributed by atoms with van der Waals surface area (Å²) in [6.07, 6.45) is 3.89. The highest BCUT2D eigenvalue weighted by Gasteiger charge is 2.19. The molecule has 0 atom stereocenters. The Morgan fingerprint density at radius 1 is 1.29 bits per heavy atom. The fourth-order valence-electron chi connectivity index (χ4n) is 1.75. The molecule has 110 valence electrons. The molecule has 0 radical (unpaired) electrons. The van der Waals surface area contributed by atoms with Gasteiger partial charge in [0.25, 0.3) is 5.91 Å². The number of carbonyl (C=O) groups is 2. The van der Waals surface area contributed by atoms with Crippen molar-refractivity contribution >= 4 is 28.2 Å². The lowest BCUT2D eigenvalue weighted by molar-refractivity contribution is 0.0528. The SMILES string of the molecule is CCOC(=O)c1cc(CC)sc1NC(=O)c1ccncc1. The molecule has 2 aromatic rings. The molecule has 0 aliphatic heterocycles. The lowest BCUT2D eigenvalue weighted by atomic mass is 10.2. The van der Waals surface area contributed by atoms with Crippen molar-refractivity contribution < 1.29 is 14.3 Å². The zero-order valence-corrected chi connectivity index (χ0v) is 12.7. The molecule has 0 saturated carbocycles. The van der Waals surface area contributed by atoms with Crippen LogP contribution in [0.1, 0.15) is 39.4 Å². The average Bonchev–Trinajstić information content (AvgIpc) is 2.91. The number of carbonyl (C=O) groups excluding carboxylic acids is 2. The van der Waals surface area contributed by atoms with Gasteiger partial charge in [-0.2, -0.15) is 0 Å². The number of nitrogens with zero attached hydrogens (tertiary/aromatic N) is 1. The van der Waals surface area contributed by atoms with Crippen molar-refractivity contribution in [1.29, 1.82) is 0 Å². The Hall–Kier alpha value is -2.21. The van der Waals surface area contributed by atoms with Gasteiger partial charge in [0.15, 0.2) is 0 Å². The van der Waals surface area contributed by atoms with Gasteiger partial charge in [0.1, 0.15) is 5.00 Å². The third kappa shape index (κ3) is 3.66. The van der Waals surface area contributed by atoms with Crippen LogP contribution in [0.5, 0.6) is 0 Å². The molecule has 1 N–H and O–H groups in total. The van der Waals surface area contributed by atoms with Crippen molar-refractivity contribution in [2.45, 2.75) is 20.3 Å². The Morgan fingerprint density at radius 2 is 2.00 bits per heavy atom. The molecule has 2 aromatic heterocycles. The van der Waals surface area contributed by atoms with Crippen LogP contribution in [-0.2, 0) is 11.2 Å². The Morgan fingerprint density at radius 3 is 2.62 bits per heavy atom. The van der Waals surface area contributed by atoms with Crippen LogP contribution < -0.4 is 5.32 Å². The number of hydrogen-bond donors (Lipinski definition) is 1. The Labute approximate surface area is 127 Å². The van der Waals surface area contributed by atoms with Gasteiger partial charge in [-0.15, -0.1) is 11.3 Å². The van der Waals surface area contributed by atoms with Gasteiger partial charge in [-0.25, -0.2) is 4.79 Å². The fraction of sp³-hybridized carbons (Fsp3) is 0.267. The third-order valence-corrected chi connectivity index (χ3v) is 3.99. The van der Waals surface area contributed by atoms with Gasteiger partial charge < -0.3 is 10.1 Å². The van der Waals surface area contributed by atoms with E-state index in [4.69, 9.17) is 4.74 Å². The summed E-state index contributed by atoms with van der Waals surface area (Å²) in [5, 5.41) is 3.29. The summed E-state index contributed by atoms with van der Waals surface area (Å²) in [6.45, 7) is 4.04. The van der Waals surface area contributed by atoms with E-state index in [1.807, 2.05) is 6.92 Å². The monoisotopic (exact) mass is 304 g/mol. The number of pyridine rings is 1. The minimum Gasteiger partial charge on any atom is -0.462 e. The second-order valence-corrected chi connectivity index (χ2v) is 5.36. The van der Waals surface area contributed by atoms with Crippen molar-refractivity contribution in [1.82, 2.24) is 4.98 Å². The molecule has 0 saturated heterocycles. The van der Waals surface area contributed by atoms with Crippen molar-refractivity contribution in [3.8, 4) is 0 Å². The summed E-state index contributed by atoms with van der Waals surface area (Å²) in [4.78, 5) is 29.0. The molecule has 6 heteroatoms. The normalized spacial score (nSPS) is 10.2. The van der Waals surface area contributed by atoms with E-state index in [9.17, 15) is 9.59 Å². The predicted molar refractivity (Wildman–Crippen MR) is 81.8 cm³/mol. The van der Waals surface area contributed by atoms with E-state index in [2.05, 4.69) is 10.3 Å². The number of nitrogens with one attached hydrogen (secondary N) is 1. The van der Waals surface area contributed by atoms with E-state index in [1.54, 1.807) is 37.5 Å². The molecule has 21 heavy (non-hydrogen) atoms. The first-order valence-electron chi connectivity index (χ1n) is 6.66. The molecule has 0 spiro atoms. The highest BCUT2D eigenvalue weighted by Crippen LogP contribution is 2.29. The first-order valence-corrected chi connectivity index (χ1v) is 7.48. The molecular weight excluding hydrogens is 288 g/mol. The number of ether oxygens (including phenoxy) is 1. The molecule has 2 rings (SSSR count). The highest BCUT2D eigenvalue weighted by molar-refractivity contribution is 7.16. The summed E-state index contributed by atoms with van der Waals surface area (Å²) in [7, 11) is 0. The van der Waals surface area contributed by atoms with Gasteiger partial charge in [0.05, 0.1) is 12.2 Å². The second kappa shape index (κ2) is 6.99. The number of anilines is 1. The Bertz CT molecular complexity index is 638. The number of esters is 1. The standard InChI is InChI=1S/C15H16N2O3S/c1-3-11-9-12(15(19)20-4-2)14(21-11)17-13(18)10-5-7-16-8-6-10/h5-9H,3-4H2,1-2H3,(H,17,18). The molecule has 0 bridgehead atoms. The van der Waals surface area contributed by atoms with Crippen molar-refractivity contribution in [3.63, 3.8) is 0 Å². The topological polar surface area (TPSA) is 68.3 Å². The molecule has 0 aliphatic carbocycles. The molecule has 0 fully saturated rings. The van der Waals surface area contributed by atoms with E-state index in [1.165, 1.54) is 11.3 Å². The maximum Gasteiger partial charge on any atom is 0.341 e. The molecule has 0 aromatic carbocycles. The van der Waals surface area contributed by atoms with Crippen LogP contribution in [-0.4, -0.2) is 23.5 Å². The van der Waals surface area contributed by atoms with Gasteiger partial charge in [-0.05, 0) is 31.5 Å². The average molecular weight is 304 g/mol. The number of aryl methyl sites for hydroxylation is 1. The number of thiophene rings is 1. The summed E-state index contributed by atoms with van der Waals surface area (Å²) in [5.41, 5.74) is 0.896. The van der Waals surface area contributed by atoms with E-state index in [0.29, 0.717) is 22.7 Å². The first-order chi connectivity index (χ1) is 10.2. The van der Waals surface area contributed by atoms with Crippen LogP contribution in [0.2, 0.25) is 0 Å². The van der Waals surface area contributed by atoms with Crippen LogP contribution >= 0.6 is 11.3 Å². The van der Waals surface area contributed by atoms with Crippen molar-refractivity contribution in [2.75, 3.05) is 11.9 Å². The zero-order chi connectivity index (χ0) is 15.2. The van der Waals surface area contributed by atoms with Gasteiger partial charge in [-0.3, -0.25) is 9.78 Å². The molecule has 2 heterocycles. The molecule has 1 amide bonds. The maximum absolute atomic E-state index is 12.2. The largest absolute Gasteiger partial charge is 0.462 e. The number of aromatic nitrogens is 1. The quantitative estimate of drug-likeness (QED) is 0.862. The van der Waals surface area contributed by atoms with E-state index < -0.39 is 5.97 Å². The lowest BCUT2D eigenvalue weighted by Gasteiger charge is -2.05. The number of hydrogen-bond acceptors (Lipinski definition) is 5. The summed E-state index contributed by atoms with van der Waals surface area (Å²) in [5.74, 6) is -0.689. The smallest absolute Gasteiger partial charge is 0.341 e. The molecule has 0 unspecified atom stereocenters. The van der Waals surface area contributed by atoms with Gasteiger partial charge in [-0.1, -0.05) is 6.92 Å². The van der Waals surface area contributed by atoms with Gasteiger partial charge in [0.2, 0.25) is 0 Å². The highest BCUT2D eigenvalue weighted by atomic mass is 32.1. The second-order valence-electron chi connectivity index (χ2n) is 4.22. The van der Waals surface area contributed by atoms with Crippen LogP contribution in [0.25, 0.3) is 0 Å². The van der Waals surface area contributed by atoms with Crippen LogP contribution in [0.15, 0.2) is 30.6 Å². The van der Waals surface area contributed by atoms with Crippen molar-refractivity contribution in [2.24, 2.45) is 0 Å². The molecule has 5 nitrogen and oxygen atoms in total. The summed E-state index contributed by atoms with van der Waals surface area (Å²) in [6, 6.07) is 5.01. The summed E-state index contributed by atoms with van der Waals surface area (Å²) >= 11 is 1.39. The van der Waals surface area contributed by atoms with Gasteiger partial charge in [0, 0.05) is 22.8 Å². The maximum atomic E-state index is 12.2. The lowest BCUT2D eigenvalue weighted by Crippen LogP contribution is -2.14. The summed E-state index contributed by atoms with van der Waals surface area (Å²) < 4.78 is 5.02. The fourth-order valence-corrected chi connectivity index (χ4v) is 2.73. The van der Waals surface area contributed by atoms with E-state index >= 15 is 0 Å². The number of rotatable bonds is 5. The first kappa shape index (κ1) is 15.2. The van der Waals surface area contributed by atoms with Crippen molar-refractivity contribution in [3.05, 3.63) is 46.6 Å². The zero-order valence-electron chi connectivity index (χ0n) is 11.9. The van der Waals surface area contributed by atoms with Crippen LogP contribution in [0.3, 0.4) is 0 Å². The van der Waals surface area contributed by atoms with E-state index in [-0.39, 0.29) is 5.91 Å². The van der Waals surface area contributed by atoms with Crippen LogP contribution in [0.4, 0.5) is 5.00 Å². The molecular formula is C15H16N2O3S. The van der Waals surface area contributed by atoms with E-state index in [0.717, 1.165) is 11.3 Å². The third-order valence-electron chi connectivity index (χ3n) is 2.80. The minimum atomic E-state index is -0.418. The number of amides is 1. The van der Waals surface area contributed by atoms with Crippen LogP contribution in [0, 0.1) is 0 Å². The minimum absolute atomic E-state index is 0.271. The Kier molecular flexibility index (Phi) is 5.05.